The van der Waals surface area contributed by atoms with E-state index in [1.807, 2.05) is 0 Å². The first kappa shape index (κ1) is 19.1. The number of benzene rings is 2. The first-order valence-corrected chi connectivity index (χ1v) is 8.69. The fourth-order valence-corrected chi connectivity index (χ4v) is 3.37. The molecule has 1 fully saturated rings. The van der Waals surface area contributed by atoms with Gasteiger partial charge in [-0.2, -0.15) is 0 Å². The molecule has 1 saturated heterocycles. The van der Waals surface area contributed by atoms with Crippen molar-refractivity contribution in [2.75, 3.05) is 19.8 Å². The highest BCUT2D eigenvalue weighted by Gasteiger charge is 2.28. The van der Waals surface area contributed by atoms with Crippen molar-refractivity contribution >= 4 is 23.4 Å². The molecule has 27 heavy (non-hydrogen) atoms. The normalized spacial score (nSPS) is 16.8. The fraction of sp³-hybridized carbons (Fsp3) is 0.200. The largest absolute Gasteiger partial charge is 0.377 e. The number of ether oxygens (including phenoxy) is 1. The molecule has 0 aliphatic carbocycles. The monoisotopic (exact) mass is 388 g/mol. The Morgan fingerprint density at radius 3 is 2.67 bits per heavy atom. The minimum atomic E-state index is -0.721. The number of nitrogens with two attached hydrogens (primary N) is 1. The van der Waals surface area contributed by atoms with Gasteiger partial charge >= 0.3 is 0 Å². The van der Waals surface area contributed by atoms with Gasteiger partial charge in [0.15, 0.2) is 0 Å². The summed E-state index contributed by atoms with van der Waals surface area (Å²) in [5, 5.41) is 0.420. The van der Waals surface area contributed by atoms with Crippen LogP contribution in [0.5, 0.6) is 0 Å². The van der Waals surface area contributed by atoms with Crippen LogP contribution in [0.2, 0.25) is 5.02 Å². The van der Waals surface area contributed by atoms with E-state index in [-0.39, 0.29) is 17.5 Å². The number of carbonyl (C=O) groups is 2. The maximum absolute atomic E-state index is 13.9. The Morgan fingerprint density at radius 2 is 1.96 bits per heavy atom. The van der Waals surface area contributed by atoms with Crippen LogP contribution >= 0.6 is 11.6 Å². The third-order valence-corrected chi connectivity index (χ3v) is 4.62. The van der Waals surface area contributed by atoms with Crippen LogP contribution in [-0.2, 0) is 9.53 Å². The Hall–Kier alpha value is -2.70. The second-order valence-corrected chi connectivity index (χ2v) is 6.63. The van der Waals surface area contributed by atoms with Gasteiger partial charge in [0.1, 0.15) is 5.82 Å². The van der Waals surface area contributed by atoms with Crippen LogP contribution in [0, 0.1) is 5.82 Å². The first-order valence-electron chi connectivity index (χ1n) is 8.31. The topological polar surface area (TPSA) is 72.6 Å². The molecular formula is C20H18ClFN2O3. The Morgan fingerprint density at radius 1 is 1.22 bits per heavy atom. The van der Waals surface area contributed by atoms with Crippen molar-refractivity contribution in [3.8, 4) is 11.1 Å². The van der Waals surface area contributed by atoms with Gasteiger partial charge in [-0.15, -0.1) is 0 Å². The highest BCUT2D eigenvalue weighted by Crippen LogP contribution is 2.32. The lowest BCUT2D eigenvalue weighted by Crippen LogP contribution is -2.42. The average molecular weight is 389 g/mol. The molecule has 140 valence electrons. The number of carbonyl (C=O) groups excluding carboxylic acids is 2. The van der Waals surface area contributed by atoms with Gasteiger partial charge in [-0.3, -0.25) is 9.59 Å². The molecule has 1 heterocycles. The van der Waals surface area contributed by atoms with E-state index in [0.29, 0.717) is 35.9 Å². The van der Waals surface area contributed by atoms with Gasteiger partial charge in [0.25, 0.3) is 0 Å². The molecule has 2 aromatic carbocycles. The summed E-state index contributed by atoms with van der Waals surface area (Å²) in [6.45, 7) is 4.73. The molecule has 3 rings (SSSR count). The Labute approximate surface area is 161 Å². The number of rotatable bonds is 4. The zero-order valence-electron chi connectivity index (χ0n) is 14.5. The van der Waals surface area contributed by atoms with Crippen molar-refractivity contribution in [2.24, 2.45) is 5.73 Å². The van der Waals surface area contributed by atoms with Gasteiger partial charge in [0.2, 0.25) is 11.8 Å². The Kier molecular flexibility index (Phi) is 5.58. The van der Waals surface area contributed by atoms with Gasteiger partial charge in [0.05, 0.1) is 19.3 Å². The lowest BCUT2D eigenvalue weighted by molar-refractivity contribution is -0.134. The van der Waals surface area contributed by atoms with Crippen LogP contribution in [0.25, 0.3) is 11.1 Å². The van der Waals surface area contributed by atoms with E-state index in [1.54, 1.807) is 23.1 Å². The zero-order valence-corrected chi connectivity index (χ0v) is 15.2. The second-order valence-electron chi connectivity index (χ2n) is 6.19. The van der Waals surface area contributed by atoms with Crippen LogP contribution in [0.1, 0.15) is 22.0 Å². The number of nitrogens with zero attached hydrogens (tertiary/aromatic N) is 1. The molecule has 0 radical (unpaired) electrons. The summed E-state index contributed by atoms with van der Waals surface area (Å²) in [7, 11) is 0. The predicted octanol–water partition coefficient (Wildman–Crippen LogP) is 3.33. The summed E-state index contributed by atoms with van der Waals surface area (Å²) in [6, 6.07) is 8.74. The SMILES string of the molecule is C=CC(=O)N1CCOCC1c1cc(Cl)cc(-c2cc(F)cc(C(N)=O)c2)c1. The molecule has 7 heteroatoms. The van der Waals surface area contributed by atoms with Crippen molar-refractivity contribution in [2.45, 2.75) is 6.04 Å². The van der Waals surface area contributed by atoms with E-state index < -0.39 is 11.7 Å². The lowest BCUT2D eigenvalue weighted by atomic mass is 9.97. The third-order valence-electron chi connectivity index (χ3n) is 4.41. The van der Waals surface area contributed by atoms with Crippen molar-refractivity contribution in [1.82, 2.24) is 4.90 Å². The second kappa shape index (κ2) is 7.90. The van der Waals surface area contributed by atoms with Crippen LogP contribution in [-0.4, -0.2) is 36.5 Å². The number of hydrogen-bond donors (Lipinski definition) is 1. The van der Waals surface area contributed by atoms with Gasteiger partial charge < -0.3 is 15.4 Å². The Balaban J connectivity index is 2.06. The molecule has 1 atom stereocenters. The maximum Gasteiger partial charge on any atom is 0.248 e. The van der Waals surface area contributed by atoms with Crippen LogP contribution in [0.3, 0.4) is 0 Å². The molecule has 2 N–H and O–H groups in total. The van der Waals surface area contributed by atoms with Crippen LogP contribution in [0.15, 0.2) is 49.1 Å². The summed E-state index contributed by atoms with van der Waals surface area (Å²) in [4.78, 5) is 25.3. The molecule has 0 spiro atoms. The number of primary amides is 1. The highest BCUT2D eigenvalue weighted by molar-refractivity contribution is 6.31. The molecule has 0 bridgehead atoms. The quantitative estimate of drug-likeness (QED) is 0.816. The van der Waals surface area contributed by atoms with E-state index >= 15 is 0 Å². The van der Waals surface area contributed by atoms with Crippen molar-refractivity contribution in [3.63, 3.8) is 0 Å². The standard InChI is InChI=1S/C20H18ClFN2O3/c1-2-19(25)24-3-4-27-11-18(24)14-5-12(7-16(21)8-14)13-6-15(20(23)26)10-17(22)9-13/h2,5-10,18H,1,3-4,11H2,(H2,23,26). The Bertz CT molecular complexity index is 916. The van der Waals surface area contributed by atoms with Crippen molar-refractivity contribution in [3.05, 3.63) is 71.0 Å². The van der Waals surface area contributed by atoms with Gasteiger partial charge in [-0.25, -0.2) is 4.39 Å². The molecule has 0 saturated carbocycles. The highest BCUT2D eigenvalue weighted by atomic mass is 35.5. The van der Waals surface area contributed by atoms with Gasteiger partial charge in [0, 0.05) is 17.1 Å². The third kappa shape index (κ3) is 4.18. The van der Waals surface area contributed by atoms with Gasteiger partial charge in [-0.1, -0.05) is 18.2 Å². The van der Waals surface area contributed by atoms with E-state index in [4.69, 9.17) is 22.1 Å². The molecule has 2 amide bonds. The smallest absolute Gasteiger partial charge is 0.248 e. The summed E-state index contributed by atoms with van der Waals surface area (Å²) < 4.78 is 19.4. The van der Waals surface area contributed by atoms with Gasteiger partial charge in [-0.05, 0) is 59.2 Å². The molecule has 5 nitrogen and oxygen atoms in total. The summed E-state index contributed by atoms with van der Waals surface area (Å²) in [5.41, 5.74) is 7.16. The molecule has 1 aliphatic rings. The van der Waals surface area contributed by atoms with E-state index in [1.165, 1.54) is 18.2 Å². The number of halogens is 2. The number of hydrogen-bond acceptors (Lipinski definition) is 3. The van der Waals surface area contributed by atoms with E-state index in [9.17, 15) is 14.0 Å². The van der Waals surface area contributed by atoms with E-state index in [2.05, 4.69) is 6.58 Å². The van der Waals surface area contributed by atoms with Crippen LogP contribution < -0.4 is 5.73 Å². The molecule has 2 aromatic rings. The van der Waals surface area contributed by atoms with Crippen molar-refractivity contribution < 1.29 is 18.7 Å². The maximum atomic E-state index is 13.9. The summed E-state index contributed by atoms with van der Waals surface area (Å²) in [5.74, 6) is -1.50. The average Bonchev–Trinajstić information content (AvgIpc) is 2.66. The summed E-state index contributed by atoms with van der Waals surface area (Å²) in [6.07, 6.45) is 1.26. The number of morpholine rings is 1. The van der Waals surface area contributed by atoms with Crippen LogP contribution in [0.4, 0.5) is 4.39 Å². The molecule has 1 unspecified atom stereocenters. The zero-order chi connectivity index (χ0) is 19.6. The minimum Gasteiger partial charge on any atom is -0.377 e. The van der Waals surface area contributed by atoms with E-state index in [0.717, 1.165) is 11.6 Å². The molecule has 0 aromatic heterocycles. The van der Waals surface area contributed by atoms with Crippen molar-refractivity contribution in [1.29, 1.82) is 0 Å². The number of amides is 2. The molecule has 1 aliphatic heterocycles. The first-order chi connectivity index (χ1) is 12.9. The lowest BCUT2D eigenvalue weighted by Gasteiger charge is -2.35. The molecular weight excluding hydrogens is 371 g/mol. The predicted molar refractivity (Wildman–Crippen MR) is 101 cm³/mol. The summed E-state index contributed by atoms with van der Waals surface area (Å²) >= 11 is 6.27. The fourth-order valence-electron chi connectivity index (χ4n) is 3.13. The minimum absolute atomic E-state index is 0.0657.